The average molecular weight is 236 g/mol. The Morgan fingerprint density at radius 1 is 1.71 bits per heavy atom. The van der Waals surface area contributed by atoms with Gasteiger partial charge in [-0.15, -0.1) is 0 Å². The number of amides is 1. The highest BCUT2D eigenvalue weighted by Gasteiger charge is 2.27. The molecule has 2 rings (SSSR count). The number of nitrogens with one attached hydrogen (secondary N) is 2. The summed E-state index contributed by atoms with van der Waals surface area (Å²) in [7, 11) is 1.81. The highest BCUT2D eigenvalue weighted by molar-refractivity contribution is 5.93. The molecule has 5 nitrogen and oxygen atoms in total. The van der Waals surface area contributed by atoms with Crippen LogP contribution in [0.2, 0.25) is 0 Å². The summed E-state index contributed by atoms with van der Waals surface area (Å²) in [4.78, 5) is 11.9. The molecular weight excluding hydrogens is 216 g/mol. The maximum atomic E-state index is 11.9. The number of carbonyl (C=O) groups excluding carboxylic acids is 1. The van der Waals surface area contributed by atoms with Crippen molar-refractivity contribution >= 4 is 5.91 Å². The number of nitrogens with zero attached hydrogens (tertiary/aromatic N) is 2. The average Bonchev–Trinajstić information content (AvgIpc) is 2.74. The van der Waals surface area contributed by atoms with Gasteiger partial charge in [0, 0.05) is 26.3 Å². The first-order valence-corrected chi connectivity index (χ1v) is 6.07. The van der Waals surface area contributed by atoms with Crippen LogP contribution in [0.1, 0.15) is 30.1 Å². The predicted molar refractivity (Wildman–Crippen MR) is 65.8 cm³/mol. The van der Waals surface area contributed by atoms with Crippen molar-refractivity contribution < 1.29 is 4.79 Å². The fraction of sp³-hybridized carbons (Fsp3) is 0.667. The number of aryl methyl sites for hydroxylation is 1. The van der Waals surface area contributed by atoms with E-state index in [1.807, 2.05) is 7.05 Å². The number of hydrogen-bond acceptors (Lipinski definition) is 3. The minimum atomic E-state index is -0.0371. The first-order valence-electron chi connectivity index (χ1n) is 6.07. The van der Waals surface area contributed by atoms with E-state index in [1.165, 1.54) is 6.42 Å². The van der Waals surface area contributed by atoms with Crippen LogP contribution in [-0.2, 0) is 7.05 Å². The Morgan fingerprint density at radius 3 is 3.12 bits per heavy atom. The molecule has 2 heterocycles. The zero-order valence-electron chi connectivity index (χ0n) is 10.5. The van der Waals surface area contributed by atoms with E-state index in [2.05, 4.69) is 22.7 Å². The lowest BCUT2D eigenvalue weighted by Crippen LogP contribution is -2.45. The predicted octanol–water partition coefficient (Wildman–Crippen LogP) is 0.540. The SMILES string of the molecule is Cn1cc(C(=O)NCC2(C)CCCNC2)cn1. The van der Waals surface area contributed by atoms with Gasteiger partial charge in [0.15, 0.2) is 0 Å². The second-order valence-corrected chi connectivity index (χ2v) is 5.18. The molecule has 1 aliphatic heterocycles. The molecule has 0 aromatic carbocycles. The van der Waals surface area contributed by atoms with Crippen molar-refractivity contribution in [1.29, 1.82) is 0 Å². The lowest BCUT2D eigenvalue weighted by Gasteiger charge is -2.34. The summed E-state index contributed by atoms with van der Waals surface area (Å²) >= 11 is 0. The van der Waals surface area contributed by atoms with Crippen LogP contribution in [0.15, 0.2) is 12.4 Å². The molecule has 94 valence electrons. The van der Waals surface area contributed by atoms with Crippen molar-refractivity contribution in [1.82, 2.24) is 20.4 Å². The van der Waals surface area contributed by atoms with E-state index < -0.39 is 0 Å². The van der Waals surface area contributed by atoms with Gasteiger partial charge in [-0.05, 0) is 24.8 Å². The first kappa shape index (κ1) is 12.1. The van der Waals surface area contributed by atoms with Crippen molar-refractivity contribution in [3.8, 4) is 0 Å². The maximum absolute atomic E-state index is 11.9. The molecule has 0 spiro atoms. The Bertz CT molecular complexity index is 393. The van der Waals surface area contributed by atoms with E-state index in [0.717, 1.165) is 19.5 Å². The number of piperidine rings is 1. The molecule has 1 atom stereocenters. The molecule has 0 saturated carbocycles. The van der Waals surface area contributed by atoms with E-state index in [4.69, 9.17) is 0 Å². The third-order valence-electron chi connectivity index (χ3n) is 3.33. The van der Waals surface area contributed by atoms with Gasteiger partial charge in [-0.3, -0.25) is 9.48 Å². The van der Waals surface area contributed by atoms with Crippen molar-refractivity contribution in [2.75, 3.05) is 19.6 Å². The number of hydrogen-bond donors (Lipinski definition) is 2. The largest absolute Gasteiger partial charge is 0.351 e. The van der Waals surface area contributed by atoms with E-state index in [-0.39, 0.29) is 11.3 Å². The second-order valence-electron chi connectivity index (χ2n) is 5.18. The lowest BCUT2D eigenvalue weighted by molar-refractivity contribution is 0.0924. The van der Waals surface area contributed by atoms with Crippen LogP contribution in [0, 0.1) is 5.41 Å². The van der Waals surface area contributed by atoms with Gasteiger partial charge >= 0.3 is 0 Å². The van der Waals surface area contributed by atoms with Crippen LogP contribution >= 0.6 is 0 Å². The fourth-order valence-electron chi connectivity index (χ4n) is 2.20. The molecule has 1 unspecified atom stereocenters. The second kappa shape index (κ2) is 4.87. The van der Waals surface area contributed by atoms with E-state index >= 15 is 0 Å². The Balaban J connectivity index is 1.87. The summed E-state index contributed by atoms with van der Waals surface area (Å²) in [5, 5.41) is 10.4. The van der Waals surface area contributed by atoms with Crippen LogP contribution in [0.25, 0.3) is 0 Å². The van der Waals surface area contributed by atoms with Gasteiger partial charge in [-0.2, -0.15) is 5.10 Å². The molecule has 0 bridgehead atoms. The molecule has 2 N–H and O–H groups in total. The molecule has 1 aliphatic rings. The number of aromatic nitrogens is 2. The monoisotopic (exact) mass is 236 g/mol. The Labute approximate surface area is 102 Å². The summed E-state index contributed by atoms with van der Waals surface area (Å²) in [6.45, 7) is 4.99. The van der Waals surface area contributed by atoms with Gasteiger partial charge in [-0.25, -0.2) is 0 Å². The Hall–Kier alpha value is -1.36. The van der Waals surface area contributed by atoms with Gasteiger partial charge < -0.3 is 10.6 Å². The zero-order chi connectivity index (χ0) is 12.3. The third-order valence-corrected chi connectivity index (χ3v) is 3.33. The maximum Gasteiger partial charge on any atom is 0.254 e. The molecule has 0 radical (unpaired) electrons. The summed E-state index contributed by atoms with van der Waals surface area (Å²) in [5.74, 6) is -0.0371. The molecule has 1 saturated heterocycles. The van der Waals surface area contributed by atoms with Crippen LogP contribution in [-0.4, -0.2) is 35.3 Å². The number of rotatable bonds is 3. The first-order chi connectivity index (χ1) is 8.09. The number of carbonyl (C=O) groups is 1. The molecular formula is C12H20N4O. The molecule has 5 heteroatoms. The van der Waals surface area contributed by atoms with Gasteiger partial charge in [-0.1, -0.05) is 6.92 Å². The smallest absolute Gasteiger partial charge is 0.254 e. The van der Waals surface area contributed by atoms with Crippen molar-refractivity contribution in [3.63, 3.8) is 0 Å². The highest BCUT2D eigenvalue weighted by Crippen LogP contribution is 2.24. The van der Waals surface area contributed by atoms with Crippen molar-refractivity contribution in [2.24, 2.45) is 12.5 Å². The van der Waals surface area contributed by atoms with Crippen LogP contribution in [0.4, 0.5) is 0 Å². The lowest BCUT2D eigenvalue weighted by atomic mass is 9.83. The van der Waals surface area contributed by atoms with Gasteiger partial charge in [0.2, 0.25) is 0 Å². The molecule has 17 heavy (non-hydrogen) atoms. The molecule has 1 aromatic rings. The van der Waals surface area contributed by atoms with Crippen molar-refractivity contribution in [3.05, 3.63) is 18.0 Å². The molecule has 1 fully saturated rings. The summed E-state index contributed by atoms with van der Waals surface area (Å²) in [6, 6.07) is 0. The highest BCUT2D eigenvalue weighted by atomic mass is 16.1. The van der Waals surface area contributed by atoms with E-state index in [0.29, 0.717) is 12.1 Å². The molecule has 0 aliphatic carbocycles. The molecule has 1 amide bonds. The normalized spacial score (nSPS) is 24.6. The van der Waals surface area contributed by atoms with Crippen molar-refractivity contribution in [2.45, 2.75) is 19.8 Å². The van der Waals surface area contributed by atoms with Crippen LogP contribution < -0.4 is 10.6 Å². The Kier molecular flexibility index (Phi) is 3.47. The van der Waals surface area contributed by atoms with E-state index in [9.17, 15) is 4.79 Å². The van der Waals surface area contributed by atoms with Gasteiger partial charge in [0.1, 0.15) is 0 Å². The minimum absolute atomic E-state index is 0.0371. The summed E-state index contributed by atoms with van der Waals surface area (Å²) in [5.41, 5.74) is 0.802. The molecule has 1 aromatic heterocycles. The van der Waals surface area contributed by atoms with E-state index in [1.54, 1.807) is 17.1 Å². The summed E-state index contributed by atoms with van der Waals surface area (Å²) in [6.07, 6.45) is 5.67. The van der Waals surface area contributed by atoms with Crippen LogP contribution in [0.5, 0.6) is 0 Å². The Morgan fingerprint density at radius 2 is 2.53 bits per heavy atom. The summed E-state index contributed by atoms with van der Waals surface area (Å²) < 4.78 is 1.64. The third kappa shape index (κ3) is 3.06. The van der Waals surface area contributed by atoms with Crippen LogP contribution in [0.3, 0.4) is 0 Å². The fourth-order valence-corrected chi connectivity index (χ4v) is 2.20. The standard InChI is InChI=1S/C12H20N4O/c1-12(4-3-5-13-8-12)9-14-11(17)10-6-15-16(2)7-10/h6-7,13H,3-5,8-9H2,1-2H3,(H,14,17). The topological polar surface area (TPSA) is 59.0 Å². The zero-order valence-corrected chi connectivity index (χ0v) is 10.5. The van der Waals surface area contributed by atoms with Gasteiger partial charge in [0.05, 0.1) is 11.8 Å². The quantitative estimate of drug-likeness (QED) is 0.805. The van der Waals surface area contributed by atoms with Gasteiger partial charge in [0.25, 0.3) is 5.91 Å². The minimum Gasteiger partial charge on any atom is -0.351 e.